The summed E-state index contributed by atoms with van der Waals surface area (Å²) in [6.07, 6.45) is 0.340. The second-order valence-corrected chi connectivity index (χ2v) is 6.97. The second kappa shape index (κ2) is 7.76. The van der Waals surface area contributed by atoms with Crippen molar-refractivity contribution in [1.29, 1.82) is 0 Å². The van der Waals surface area contributed by atoms with E-state index in [1.165, 1.54) is 0 Å². The molecule has 2 aromatic carbocycles. The lowest BCUT2D eigenvalue weighted by atomic mass is 10.1. The first-order valence-electron chi connectivity index (χ1n) is 9.42. The largest absolute Gasteiger partial charge is 0.497 e. The third-order valence-electron chi connectivity index (χ3n) is 5.17. The molecule has 28 heavy (non-hydrogen) atoms. The SMILES string of the molecule is COc1cccc(CC(=O)N2CCN(C(=O)c3cc4ccccc4[nH]3)CC2)c1. The molecule has 1 aliphatic heterocycles. The first-order valence-corrected chi connectivity index (χ1v) is 9.42. The van der Waals surface area contributed by atoms with Crippen molar-refractivity contribution in [2.75, 3.05) is 33.3 Å². The molecule has 0 atom stereocenters. The van der Waals surface area contributed by atoms with E-state index in [-0.39, 0.29) is 11.8 Å². The van der Waals surface area contributed by atoms with Crippen LogP contribution in [0.2, 0.25) is 0 Å². The Bertz CT molecular complexity index is 970. The number of nitrogens with one attached hydrogen (secondary N) is 1. The van der Waals surface area contributed by atoms with Crippen LogP contribution in [0.5, 0.6) is 5.75 Å². The van der Waals surface area contributed by atoms with Gasteiger partial charge in [0.05, 0.1) is 13.5 Å². The van der Waals surface area contributed by atoms with Crippen LogP contribution in [-0.4, -0.2) is 59.9 Å². The fraction of sp³-hybridized carbons (Fsp3) is 0.273. The number of hydrogen-bond acceptors (Lipinski definition) is 3. The van der Waals surface area contributed by atoms with Crippen LogP contribution in [0.4, 0.5) is 0 Å². The van der Waals surface area contributed by atoms with E-state index < -0.39 is 0 Å². The maximum atomic E-state index is 12.8. The van der Waals surface area contributed by atoms with Crippen molar-refractivity contribution in [3.63, 3.8) is 0 Å². The molecule has 0 bridgehead atoms. The van der Waals surface area contributed by atoms with Gasteiger partial charge in [0.2, 0.25) is 5.91 Å². The lowest BCUT2D eigenvalue weighted by molar-refractivity contribution is -0.131. The molecule has 6 heteroatoms. The van der Waals surface area contributed by atoms with E-state index in [1.807, 2.05) is 59.5 Å². The van der Waals surface area contributed by atoms with E-state index in [2.05, 4.69) is 4.98 Å². The summed E-state index contributed by atoms with van der Waals surface area (Å²) in [5, 5.41) is 1.03. The number of ether oxygens (including phenoxy) is 1. The number of fused-ring (bicyclic) bond motifs is 1. The Morgan fingerprint density at radius 3 is 2.46 bits per heavy atom. The van der Waals surface area contributed by atoms with E-state index >= 15 is 0 Å². The molecule has 4 rings (SSSR count). The molecule has 0 radical (unpaired) electrons. The van der Waals surface area contributed by atoms with Gasteiger partial charge in [-0.15, -0.1) is 0 Å². The van der Waals surface area contributed by atoms with Crippen LogP contribution >= 0.6 is 0 Å². The van der Waals surface area contributed by atoms with E-state index in [0.717, 1.165) is 22.2 Å². The van der Waals surface area contributed by atoms with Crippen LogP contribution in [0.15, 0.2) is 54.6 Å². The molecule has 0 spiro atoms. The summed E-state index contributed by atoms with van der Waals surface area (Å²) >= 11 is 0. The number of H-pyrrole nitrogens is 1. The van der Waals surface area contributed by atoms with Gasteiger partial charge in [-0.25, -0.2) is 0 Å². The zero-order valence-electron chi connectivity index (χ0n) is 15.9. The summed E-state index contributed by atoms with van der Waals surface area (Å²) in [6.45, 7) is 2.18. The summed E-state index contributed by atoms with van der Waals surface area (Å²) in [6, 6.07) is 17.3. The average Bonchev–Trinajstić information content (AvgIpc) is 3.17. The molecule has 1 aromatic heterocycles. The Kier molecular flexibility index (Phi) is 5.02. The van der Waals surface area contributed by atoms with Crippen molar-refractivity contribution in [1.82, 2.24) is 14.8 Å². The molecule has 1 N–H and O–H groups in total. The first kappa shape index (κ1) is 18.1. The summed E-state index contributed by atoms with van der Waals surface area (Å²) in [5.74, 6) is 0.807. The maximum Gasteiger partial charge on any atom is 0.270 e. The zero-order chi connectivity index (χ0) is 19.5. The van der Waals surface area contributed by atoms with E-state index in [0.29, 0.717) is 38.3 Å². The Morgan fingerprint density at radius 2 is 1.71 bits per heavy atom. The molecule has 2 amide bonds. The quantitative estimate of drug-likeness (QED) is 0.760. The van der Waals surface area contributed by atoms with E-state index in [4.69, 9.17) is 4.74 Å². The van der Waals surface area contributed by atoms with Crippen molar-refractivity contribution in [2.24, 2.45) is 0 Å². The number of benzene rings is 2. The normalized spacial score (nSPS) is 14.3. The van der Waals surface area contributed by atoms with Gasteiger partial charge in [-0.3, -0.25) is 9.59 Å². The monoisotopic (exact) mass is 377 g/mol. The van der Waals surface area contributed by atoms with Gasteiger partial charge in [0, 0.05) is 37.1 Å². The number of carbonyl (C=O) groups is 2. The van der Waals surface area contributed by atoms with Crippen molar-refractivity contribution < 1.29 is 14.3 Å². The number of aromatic nitrogens is 1. The molecule has 1 aliphatic rings. The van der Waals surface area contributed by atoms with Crippen molar-refractivity contribution >= 4 is 22.7 Å². The Balaban J connectivity index is 1.35. The van der Waals surface area contributed by atoms with Crippen LogP contribution in [0, 0.1) is 0 Å². The minimum atomic E-state index is -0.0175. The van der Waals surface area contributed by atoms with Gasteiger partial charge in [0.1, 0.15) is 11.4 Å². The molecule has 3 aromatic rings. The fourth-order valence-electron chi connectivity index (χ4n) is 3.59. The van der Waals surface area contributed by atoms with E-state index in [1.54, 1.807) is 12.0 Å². The number of hydrogen-bond donors (Lipinski definition) is 1. The van der Waals surface area contributed by atoms with Crippen molar-refractivity contribution in [3.05, 3.63) is 65.9 Å². The standard InChI is InChI=1S/C22H23N3O3/c1-28-18-7-4-5-16(13-18)14-21(26)24-9-11-25(12-10-24)22(27)20-15-17-6-2-3-8-19(17)23-20/h2-8,13,15,23H,9-12,14H2,1H3. The molecular formula is C22H23N3O3. The second-order valence-electron chi connectivity index (χ2n) is 6.97. The zero-order valence-corrected chi connectivity index (χ0v) is 15.9. The molecule has 1 saturated heterocycles. The highest BCUT2D eigenvalue weighted by Gasteiger charge is 2.25. The van der Waals surface area contributed by atoms with Gasteiger partial charge >= 0.3 is 0 Å². The Morgan fingerprint density at radius 1 is 0.964 bits per heavy atom. The molecule has 6 nitrogen and oxygen atoms in total. The predicted molar refractivity (Wildman–Crippen MR) is 107 cm³/mol. The molecule has 2 heterocycles. The maximum absolute atomic E-state index is 12.8. The highest BCUT2D eigenvalue weighted by molar-refractivity contribution is 5.98. The first-order chi connectivity index (χ1) is 13.6. The van der Waals surface area contributed by atoms with Gasteiger partial charge in [0.15, 0.2) is 0 Å². The van der Waals surface area contributed by atoms with E-state index in [9.17, 15) is 9.59 Å². The van der Waals surface area contributed by atoms with Crippen LogP contribution in [0.3, 0.4) is 0 Å². The average molecular weight is 377 g/mol. The number of rotatable bonds is 4. The number of para-hydroxylation sites is 1. The lowest BCUT2D eigenvalue weighted by Gasteiger charge is -2.34. The number of amides is 2. The van der Waals surface area contributed by atoms with Crippen LogP contribution in [0.25, 0.3) is 10.9 Å². The molecule has 1 fully saturated rings. The number of carbonyl (C=O) groups excluding carboxylic acids is 2. The van der Waals surface area contributed by atoms with Crippen molar-refractivity contribution in [3.8, 4) is 5.75 Å². The molecule has 0 saturated carbocycles. The number of methoxy groups -OCH3 is 1. The smallest absolute Gasteiger partial charge is 0.270 e. The summed E-state index contributed by atoms with van der Waals surface area (Å²) in [7, 11) is 1.62. The van der Waals surface area contributed by atoms with Gasteiger partial charge in [-0.1, -0.05) is 30.3 Å². The summed E-state index contributed by atoms with van der Waals surface area (Å²) in [4.78, 5) is 32.2. The van der Waals surface area contributed by atoms with Gasteiger partial charge < -0.3 is 19.5 Å². The molecular weight excluding hydrogens is 354 g/mol. The predicted octanol–water partition coefficient (Wildman–Crippen LogP) is 2.70. The highest BCUT2D eigenvalue weighted by Crippen LogP contribution is 2.18. The van der Waals surface area contributed by atoms with Gasteiger partial charge in [-0.2, -0.15) is 0 Å². The summed E-state index contributed by atoms with van der Waals surface area (Å²) < 4.78 is 5.21. The summed E-state index contributed by atoms with van der Waals surface area (Å²) in [5.41, 5.74) is 2.48. The Labute approximate surface area is 163 Å². The lowest BCUT2D eigenvalue weighted by Crippen LogP contribution is -2.51. The molecule has 0 aliphatic carbocycles. The van der Waals surface area contributed by atoms with Gasteiger partial charge in [-0.05, 0) is 29.8 Å². The highest BCUT2D eigenvalue weighted by atomic mass is 16.5. The minimum Gasteiger partial charge on any atom is -0.497 e. The minimum absolute atomic E-state index is 0.0175. The number of aromatic amines is 1. The number of piperazine rings is 1. The van der Waals surface area contributed by atoms with Crippen molar-refractivity contribution in [2.45, 2.75) is 6.42 Å². The molecule has 144 valence electrons. The third-order valence-corrected chi connectivity index (χ3v) is 5.17. The van der Waals surface area contributed by atoms with Gasteiger partial charge in [0.25, 0.3) is 5.91 Å². The van der Waals surface area contributed by atoms with Crippen LogP contribution in [-0.2, 0) is 11.2 Å². The van der Waals surface area contributed by atoms with Crippen LogP contribution < -0.4 is 4.74 Å². The third kappa shape index (κ3) is 3.71. The molecule has 0 unspecified atom stereocenters. The topological polar surface area (TPSA) is 65.6 Å². The van der Waals surface area contributed by atoms with Crippen LogP contribution in [0.1, 0.15) is 16.1 Å². The number of nitrogens with zero attached hydrogens (tertiary/aromatic N) is 2. The fourth-order valence-corrected chi connectivity index (χ4v) is 3.59. The Hall–Kier alpha value is -3.28.